The molecule has 16 heavy (non-hydrogen) atoms. The van der Waals surface area contributed by atoms with Gasteiger partial charge in [0.25, 0.3) is 0 Å². The molecule has 2 atom stereocenters. The zero-order valence-corrected chi connectivity index (χ0v) is 8.15. The number of halogens is 3. The summed E-state index contributed by atoms with van der Waals surface area (Å²) in [6, 6.07) is 3.74. The van der Waals surface area contributed by atoms with Crippen molar-refractivity contribution in [2.75, 3.05) is 6.61 Å². The standard InChI is InChI=1S/C10H11F3O3/c11-10(12,13)7-3-1-6(2-4-7)9(16)8(15)5-14/h1-4,8-9,14-16H,5H2. The Hall–Kier alpha value is -1.11. The minimum Gasteiger partial charge on any atom is -0.394 e. The van der Waals surface area contributed by atoms with E-state index in [1.807, 2.05) is 0 Å². The number of aliphatic hydroxyl groups excluding tert-OH is 3. The lowest BCUT2D eigenvalue weighted by Gasteiger charge is -2.16. The molecule has 0 saturated carbocycles. The van der Waals surface area contributed by atoms with Crippen LogP contribution in [0.5, 0.6) is 0 Å². The highest BCUT2D eigenvalue weighted by atomic mass is 19.4. The first-order valence-electron chi connectivity index (χ1n) is 4.50. The minimum atomic E-state index is -4.43. The topological polar surface area (TPSA) is 60.7 Å². The Labute approximate surface area is 89.8 Å². The molecule has 0 heterocycles. The maximum Gasteiger partial charge on any atom is 0.416 e. The van der Waals surface area contributed by atoms with E-state index >= 15 is 0 Å². The number of benzene rings is 1. The molecule has 0 aliphatic rings. The Morgan fingerprint density at radius 2 is 1.56 bits per heavy atom. The summed E-state index contributed by atoms with van der Waals surface area (Å²) in [5.74, 6) is 0. The van der Waals surface area contributed by atoms with E-state index in [1.165, 1.54) is 0 Å². The summed E-state index contributed by atoms with van der Waals surface area (Å²) in [6.07, 6.45) is -7.23. The Kier molecular flexibility index (Phi) is 3.90. The average molecular weight is 236 g/mol. The van der Waals surface area contributed by atoms with E-state index in [0.29, 0.717) is 0 Å². The van der Waals surface area contributed by atoms with Gasteiger partial charge in [-0.05, 0) is 17.7 Å². The summed E-state index contributed by atoms with van der Waals surface area (Å²) < 4.78 is 36.6. The molecule has 0 aliphatic heterocycles. The molecule has 0 amide bonds. The molecule has 6 heteroatoms. The van der Waals surface area contributed by atoms with Gasteiger partial charge in [-0.2, -0.15) is 13.2 Å². The normalized spacial score (nSPS) is 15.9. The van der Waals surface area contributed by atoms with Crippen LogP contribution in [-0.4, -0.2) is 28.0 Å². The maximum absolute atomic E-state index is 12.2. The van der Waals surface area contributed by atoms with Crippen molar-refractivity contribution < 1.29 is 28.5 Å². The van der Waals surface area contributed by atoms with Crippen molar-refractivity contribution in [3.8, 4) is 0 Å². The molecule has 0 bridgehead atoms. The summed E-state index contributed by atoms with van der Waals surface area (Å²) in [7, 11) is 0. The van der Waals surface area contributed by atoms with Gasteiger partial charge >= 0.3 is 6.18 Å². The van der Waals surface area contributed by atoms with E-state index in [-0.39, 0.29) is 5.56 Å². The molecular formula is C10H11F3O3. The van der Waals surface area contributed by atoms with E-state index in [1.54, 1.807) is 0 Å². The second-order valence-corrected chi connectivity index (χ2v) is 3.31. The number of aliphatic hydroxyl groups is 3. The van der Waals surface area contributed by atoms with Gasteiger partial charge in [0.1, 0.15) is 12.2 Å². The van der Waals surface area contributed by atoms with Gasteiger partial charge in [0, 0.05) is 0 Å². The fraction of sp³-hybridized carbons (Fsp3) is 0.400. The van der Waals surface area contributed by atoms with Crippen LogP contribution >= 0.6 is 0 Å². The second-order valence-electron chi connectivity index (χ2n) is 3.31. The number of alkyl halides is 3. The summed E-state index contributed by atoms with van der Waals surface area (Å²) in [6.45, 7) is -0.664. The van der Waals surface area contributed by atoms with Crippen molar-refractivity contribution in [3.63, 3.8) is 0 Å². The Morgan fingerprint density at radius 1 is 1.06 bits per heavy atom. The number of hydrogen-bond donors (Lipinski definition) is 3. The van der Waals surface area contributed by atoms with E-state index in [2.05, 4.69) is 0 Å². The predicted molar refractivity (Wildman–Crippen MR) is 49.5 cm³/mol. The summed E-state index contributed by atoms with van der Waals surface area (Å²) >= 11 is 0. The van der Waals surface area contributed by atoms with Gasteiger partial charge in [-0.1, -0.05) is 12.1 Å². The van der Waals surface area contributed by atoms with Crippen LogP contribution in [-0.2, 0) is 6.18 Å². The van der Waals surface area contributed by atoms with Crippen LogP contribution in [0.25, 0.3) is 0 Å². The Morgan fingerprint density at radius 3 is 1.94 bits per heavy atom. The monoisotopic (exact) mass is 236 g/mol. The zero-order chi connectivity index (χ0) is 12.3. The molecule has 3 N–H and O–H groups in total. The molecule has 1 aromatic carbocycles. The van der Waals surface area contributed by atoms with Crippen molar-refractivity contribution >= 4 is 0 Å². The van der Waals surface area contributed by atoms with Crippen LogP contribution < -0.4 is 0 Å². The molecule has 3 nitrogen and oxygen atoms in total. The van der Waals surface area contributed by atoms with Gasteiger partial charge in [0.2, 0.25) is 0 Å². The molecule has 0 aromatic heterocycles. The van der Waals surface area contributed by atoms with Gasteiger partial charge in [0.15, 0.2) is 0 Å². The van der Waals surface area contributed by atoms with E-state index in [0.717, 1.165) is 24.3 Å². The van der Waals surface area contributed by atoms with E-state index in [4.69, 9.17) is 10.2 Å². The smallest absolute Gasteiger partial charge is 0.394 e. The largest absolute Gasteiger partial charge is 0.416 e. The summed E-state index contributed by atoms with van der Waals surface area (Å²) in [4.78, 5) is 0. The molecule has 0 spiro atoms. The molecule has 90 valence electrons. The Balaban J connectivity index is 2.87. The third-order valence-electron chi connectivity index (χ3n) is 2.13. The molecule has 0 radical (unpaired) electrons. The van der Waals surface area contributed by atoms with Crippen LogP contribution in [0.2, 0.25) is 0 Å². The average Bonchev–Trinajstić information content (AvgIpc) is 2.26. The third-order valence-corrected chi connectivity index (χ3v) is 2.13. The molecule has 2 unspecified atom stereocenters. The molecule has 0 fully saturated rings. The first-order valence-corrected chi connectivity index (χ1v) is 4.50. The van der Waals surface area contributed by atoms with Crippen LogP contribution in [0.4, 0.5) is 13.2 Å². The fourth-order valence-corrected chi connectivity index (χ4v) is 1.19. The van der Waals surface area contributed by atoms with Crippen molar-refractivity contribution in [2.45, 2.75) is 18.4 Å². The van der Waals surface area contributed by atoms with Crippen LogP contribution in [0.1, 0.15) is 17.2 Å². The minimum absolute atomic E-state index is 0.120. The van der Waals surface area contributed by atoms with Crippen LogP contribution in [0, 0.1) is 0 Å². The van der Waals surface area contributed by atoms with Crippen molar-refractivity contribution in [2.24, 2.45) is 0 Å². The fourth-order valence-electron chi connectivity index (χ4n) is 1.19. The van der Waals surface area contributed by atoms with E-state index in [9.17, 15) is 18.3 Å². The molecule has 1 aromatic rings. The SMILES string of the molecule is OCC(O)C(O)c1ccc(C(F)(F)F)cc1. The summed E-state index contributed by atoms with van der Waals surface area (Å²) in [5.41, 5.74) is -0.712. The molecule has 1 rings (SSSR count). The van der Waals surface area contributed by atoms with E-state index < -0.39 is 30.6 Å². The summed E-state index contributed by atoms with van der Waals surface area (Å²) in [5, 5.41) is 27.0. The van der Waals surface area contributed by atoms with Crippen LogP contribution in [0.15, 0.2) is 24.3 Å². The van der Waals surface area contributed by atoms with Crippen molar-refractivity contribution in [1.29, 1.82) is 0 Å². The second kappa shape index (κ2) is 4.82. The quantitative estimate of drug-likeness (QED) is 0.736. The molecule has 0 saturated heterocycles. The van der Waals surface area contributed by atoms with Gasteiger partial charge in [-0.15, -0.1) is 0 Å². The molecular weight excluding hydrogens is 225 g/mol. The number of hydrogen-bond acceptors (Lipinski definition) is 3. The highest BCUT2D eigenvalue weighted by Gasteiger charge is 2.30. The zero-order valence-electron chi connectivity index (χ0n) is 8.15. The lowest BCUT2D eigenvalue weighted by atomic mass is 10.0. The number of rotatable bonds is 3. The van der Waals surface area contributed by atoms with Gasteiger partial charge in [-0.25, -0.2) is 0 Å². The van der Waals surface area contributed by atoms with Gasteiger partial charge in [-0.3, -0.25) is 0 Å². The first-order chi connectivity index (χ1) is 7.36. The van der Waals surface area contributed by atoms with Crippen molar-refractivity contribution in [1.82, 2.24) is 0 Å². The van der Waals surface area contributed by atoms with Crippen LogP contribution in [0.3, 0.4) is 0 Å². The lowest BCUT2D eigenvalue weighted by molar-refractivity contribution is -0.137. The van der Waals surface area contributed by atoms with Gasteiger partial charge < -0.3 is 15.3 Å². The highest BCUT2D eigenvalue weighted by molar-refractivity contribution is 5.26. The maximum atomic E-state index is 12.2. The third kappa shape index (κ3) is 2.94. The Bertz CT molecular complexity index is 334. The first kappa shape index (κ1) is 13.0. The molecule has 0 aliphatic carbocycles. The van der Waals surface area contributed by atoms with Gasteiger partial charge in [0.05, 0.1) is 12.2 Å². The van der Waals surface area contributed by atoms with Crippen molar-refractivity contribution in [3.05, 3.63) is 35.4 Å². The highest BCUT2D eigenvalue weighted by Crippen LogP contribution is 2.30. The lowest BCUT2D eigenvalue weighted by Crippen LogP contribution is -2.22. The predicted octanol–water partition coefficient (Wildman–Crippen LogP) is 1.09.